The summed E-state index contributed by atoms with van der Waals surface area (Å²) in [6.45, 7) is 3.91. The molecule has 0 aromatic rings. The Bertz CT molecular complexity index is 737. The monoisotopic (exact) mass is 650 g/mol. The number of amides is 1. The maximum atomic E-state index is 12.4. The Balaban J connectivity index is 3.84. The van der Waals surface area contributed by atoms with Crippen molar-refractivity contribution in [1.29, 1.82) is 0 Å². The van der Waals surface area contributed by atoms with Gasteiger partial charge in [0, 0.05) is 0 Å². The highest BCUT2D eigenvalue weighted by Gasteiger charge is 2.28. The Kier molecular flexibility index (Phi) is 33.7. The minimum absolute atomic E-state index is 0.361. The third kappa shape index (κ3) is 28.7. The standard InChI is InChI=1S/C40H75NO5/c1-3-5-7-9-11-13-15-17-18-19-20-22-24-26-28-30-32-34-38(44)40(46)41-36(35-42)39(45)37(43)33-31-29-27-25-23-21-16-14-12-10-8-6-4-2/h6,8,14,16,25,27,36-39,42-45H,3-5,7,9-13,15,17-24,26,28-35H2,1-2H3,(H,41,46)/b8-6+,16-14+,27-25+. The van der Waals surface area contributed by atoms with Crippen molar-refractivity contribution in [3.63, 3.8) is 0 Å². The number of hydrogen-bond acceptors (Lipinski definition) is 5. The summed E-state index contributed by atoms with van der Waals surface area (Å²) in [4.78, 5) is 12.4. The molecule has 6 nitrogen and oxygen atoms in total. The molecule has 0 saturated heterocycles. The number of carbonyl (C=O) groups excluding carboxylic acids is 1. The van der Waals surface area contributed by atoms with Crippen LogP contribution in [0.5, 0.6) is 0 Å². The minimum atomic E-state index is -1.29. The van der Waals surface area contributed by atoms with Gasteiger partial charge in [0.1, 0.15) is 12.2 Å². The second-order valence-corrected chi connectivity index (χ2v) is 13.2. The van der Waals surface area contributed by atoms with Gasteiger partial charge in [0.2, 0.25) is 5.91 Å². The minimum Gasteiger partial charge on any atom is -0.394 e. The maximum absolute atomic E-state index is 12.4. The molecule has 0 aliphatic carbocycles. The Morgan fingerprint density at radius 3 is 1.39 bits per heavy atom. The van der Waals surface area contributed by atoms with Crippen molar-refractivity contribution in [2.24, 2.45) is 0 Å². The second kappa shape index (κ2) is 34.9. The number of hydrogen-bond donors (Lipinski definition) is 5. The summed E-state index contributed by atoms with van der Waals surface area (Å²) in [6, 6.07) is -1.01. The Morgan fingerprint density at radius 2 is 0.957 bits per heavy atom. The van der Waals surface area contributed by atoms with E-state index in [9.17, 15) is 25.2 Å². The average Bonchev–Trinajstić information content (AvgIpc) is 3.06. The fourth-order valence-corrected chi connectivity index (χ4v) is 5.74. The van der Waals surface area contributed by atoms with Crippen molar-refractivity contribution in [3.8, 4) is 0 Å². The lowest BCUT2D eigenvalue weighted by atomic mass is 10.00. The number of unbranched alkanes of at least 4 members (excludes halogenated alkanes) is 19. The second-order valence-electron chi connectivity index (χ2n) is 13.2. The highest BCUT2D eigenvalue weighted by molar-refractivity contribution is 5.80. The molecule has 6 heteroatoms. The first-order valence-electron chi connectivity index (χ1n) is 19.4. The number of allylic oxidation sites excluding steroid dienone is 6. The largest absolute Gasteiger partial charge is 0.394 e. The van der Waals surface area contributed by atoms with Crippen LogP contribution in [-0.4, -0.2) is 57.3 Å². The fourth-order valence-electron chi connectivity index (χ4n) is 5.74. The molecular formula is C40H75NO5. The summed E-state index contributed by atoms with van der Waals surface area (Å²) in [6.07, 6.45) is 38.8. The quantitative estimate of drug-likeness (QED) is 0.0352. The molecule has 0 heterocycles. The molecule has 1 amide bonds. The van der Waals surface area contributed by atoms with E-state index in [1.165, 1.54) is 89.9 Å². The molecule has 0 saturated carbocycles. The van der Waals surface area contributed by atoms with E-state index in [1.807, 2.05) is 0 Å². The van der Waals surface area contributed by atoms with Crippen molar-refractivity contribution >= 4 is 5.91 Å². The van der Waals surface area contributed by atoms with Crippen LogP contribution in [0, 0.1) is 0 Å². The zero-order valence-electron chi connectivity index (χ0n) is 30.1. The topological polar surface area (TPSA) is 110 Å². The van der Waals surface area contributed by atoms with E-state index in [4.69, 9.17) is 0 Å². The van der Waals surface area contributed by atoms with Gasteiger partial charge in [-0.25, -0.2) is 0 Å². The van der Waals surface area contributed by atoms with Gasteiger partial charge in [-0.3, -0.25) is 4.79 Å². The summed E-state index contributed by atoms with van der Waals surface area (Å²) < 4.78 is 0. The summed E-state index contributed by atoms with van der Waals surface area (Å²) in [5.41, 5.74) is 0. The first-order valence-corrected chi connectivity index (χ1v) is 19.4. The number of rotatable bonds is 34. The van der Waals surface area contributed by atoms with Crippen molar-refractivity contribution in [2.75, 3.05) is 6.61 Å². The number of carbonyl (C=O) groups is 1. The first-order chi connectivity index (χ1) is 22.5. The molecule has 0 aromatic heterocycles. The van der Waals surface area contributed by atoms with Gasteiger partial charge in [-0.05, 0) is 57.8 Å². The van der Waals surface area contributed by atoms with E-state index in [0.717, 1.165) is 57.8 Å². The summed E-state index contributed by atoms with van der Waals surface area (Å²) in [5, 5.41) is 43.4. The lowest BCUT2D eigenvalue weighted by Gasteiger charge is -2.27. The fraction of sp³-hybridized carbons (Fsp3) is 0.825. The molecular weight excluding hydrogens is 574 g/mol. The van der Waals surface area contributed by atoms with Crippen LogP contribution in [0.25, 0.3) is 0 Å². The highest BCUT2D eigenvalue weighted by Crippen LogP contribution is 2.15. The molecule has 0 aliphatic heterocycles. The molecule has 0 aliphatic rings. The van der Waals surface area contributed by atoms with Gasteiger partial charge in [0.05, 0.1) is 18.8 Å². The van der Waals surface area contributed by atoms with E-state index in [-0.39, 0.29) is 0 Å². The third-order valence-electron chi connectivity index (χ3n) is 8.82. The predicted octanol–water partition coefficient (Wildman–Crippen LogP) is 9.40. The van der Waals surface area contributed by atoms with Gasteiger partial charge in [-0.1, -0.05) is 159 Å². The van der Waals surface area contributed by atoms with Gasteiger partial charge in [0.15, 0.2) is 0 Å². The van der Waals surface area contributed by atoms with Gasteiger partial charge >= 0.3 is 0 Å². The van der Waals surface area contributed by atoms with Crippen molar-refractivity contribution in [1.82, 2.24) is 5.32 Å². The summed E-state index contributed by atoms with van der Waals surface area (Å²) in [7, 11) is 0. The third-order valence-corrected chi connectivity index (χ3v) is 8.82. The first kappa shape index (κ1) is 44.5. The van der Waals surface area contributed by atoms with Crippen LogP contribution in [0.4, 0.5) is 0 Å². The molecule has 5 N–H and O–H groups in total. The molecule has 4 atom stereocenters. The Morgan fingerprint density at radius 1 is 0.543 bits per heavy atom. The van der Waals surface area contributed by atoms with E-state index >= 15 is 0 Å². The lowest BCUT2D eigenvalue weighted by molar-refractivity contribution is -0.132. The van der Waals surface area contributed by atoms with E-state index in [2.05, 4.69) is 55.6 Å². The van der Waals surface area contributed by atoms with Crippen LogP contribution in [0.3, 0.4) is 0 Å². The molecule has 0 rings (SSSR count). The van der Waals surface area contributed by atoms with Crippen molar-refractivity contribution < 1.29 is 25.2 Å². The molecule has 0 bridgehead atoms. The zero-order valence-corrected chi connectivity index (χ0v) is 30.1. The van der Waals surface area contributed by atoms with Gasteiger partial charge < -0.3 is 25.7 Å². The summed E-state index contributed by atoms with van der Waals surface area (Å²) >= 11 is 0. The highest BCUT2D eigenvalue weighted by atomic mass is 16.3. The normalized spacial score (nSPS) is 14.8. The summed E-state index contributed by atoms with van der Waals surface area (Å²) in [5.74, 6) is -0.601. The molecule has 0 spiro atoms. The SMILES string of the molecule is CC/C=C/CC/C=C/CC/C=C/CCCC(O)C(O)C(CO)NC(=O)C(O)CCCCCCCCCCCCCCCCCCC. The molecule has 270 valence electrons. The molecule has 46 heavy (non-hydrogen) atoms. The number of aliphatic hydroxyl groups is 4. The van der Waals surface area contributed by atoms with E-state index in [0.29, 0.717) is 19.3 Å². The zero-order chi connectivity index (χ0) is 33.9. The predicted molar refractivity (Wildman–Crippen MR) is 196 cm³/mol. The molecule has 4 unspecified atom stereocenters. The van der Waals surface area contributed by atoms with Crippen LogP contribution in [0.2, 0.25) is 0 Å². The maximum Gasteiger partial charge on any atom is 0.249 e. The smallest absolute Gasteiger partial charge is 0.249 e. The van der Waals surface area contributed by atoms with Crippen molar-refractivity contribution in [3.05, 3.63) is 36.5 Å². The lowest BCUT2D eigenvalue weighted by Crippen LogP contribution is -2.53. The van der Waals surface area contributed by atoms with E-state index in [1.54, 1.807) is 0 Å². The molecule has 0 radical (unpaired) electrons. The Hall–Kier alpha value is -1.47. The van der Waals surface area contributed by atoms with Gasteiger partial charge in [-0.15, -0.1) is 0 Å². The number of nitrogens with one attached hydrogen (secondary N) is 1. The Labute approximate surface area is 284 Å². The number of aliphatic hydroxyl groups excluding tert-OH is 4. The average molecular weight is 650 g/mol. The van der Waals surface area contributed by atoms with E-state index < -0.39 is 36.9 Å². The van der Waals surface area contributed by atoms with Gasteiger partial charge in [0.25, 0.3) is 0 Å². The molecule has 0 aromatic carbocycles. The molecule has 0 fully saturated rings. The van der Waals surface area contributed by atoms with Crippen LogP contribution >= 0.6 is 0 Å². The van der Waals surface area contributed by atoms with Crippen LogP contribution < -0.4 is 5.32 Å². The van der Waals surface area contributed by atoms with Crippen molar-refractivity contribution in [2.45, 2.75) is 205 Å². The van der Waals surface area contributed by atoms with Gasteiger partial charge in [-0.2, -0.15) is 0 Å². The van der Waals surface area contributed by atoms with Crippen LogP contribution in [0.1, 0.15) is 181 Å². The van der Waals surface area contributed by atoms with Crippen LogP contribution in [0.15, 0.2) is 36.5 Å². The van der Waals surface area contributed by atoms with Crippen LogP contribution in [-0.2, 0) is 4.79 Å².